The predicted octanol–water partition coefficient (Wildman–Crippen LogP) is 2.74. The molecule has 0 radical (unpaired) electrons. The largest absolute Gasteiger partial charge is 0.316 e. The number of nitrogens with one attached hydrogen (secondary N) is 2. The Kier molecular flexibility index (Phi) is 5.34. The summed E-state index contributed by atoms with van der Waals surface area (Å²) in [4.78, 5) is 0.404. The molecule has 1 aromatic carbocycles. The van der Waals surface area contributed by atoms with Gasteiger partial charge in [0.25, 0.3) is 0 Å². The van der Waals surface area contributed by atoms with Crippen LogP contribution in [0.5, 0.6) is 0 Å². The lowest BCUT2D eigenvalue weighted by Gasteiger charge is -2.08. The van der Waals surface area contributed by atoms with Gasteiger partial charge >= 0.3 is 0 Å². The monoisotopic (exact) mass is 348 g/mol. The van der Waals surface area contributed by atoms with Crippen LogP contribution >= 0.6 is 22.9 Å². The van der Waals surface area contributed by atoms with E-state index in [1.807, 2.05) is 0 Å². The van der Waals surface area contributed by atoms with Gasteiger partial charge in [-0.3, -0.25) is 0 Å². The highest BCUT2D eigenvalue weighted by Gasteiger charge is 2.19. The quantitative estimate of drug-likeness (QED) is 0.844. The van der Waals surface area contributed by atoms with Gasteiger partial charge in [0.1, 0.15) is 10.7 Å². The maximum absolute atomic E-state index is 13.9. The molecule has 1 aromatic heterocycles. The van der Waals surface area contributed by atoms with E-state index in [9.17, 15) is 12.8 Å². The Bertz CT molecular complexity index is 732. The molecule has 0 saturated heterocycles. The molecule has 1 heterocycles. The molecule has 0 aliphatic rings. The highest BCUT2D eigenvalue weighted by molar-refractivity contribution is 7.89. The Morgan fingerprint density at radius 2 is 2.00 bits per heavy atom. The van der Waals surface area contributed by atoms with Gasteiger partial charge in [0, 0.05) is 18.0 Å². The van der Waals surface area contributed by atoms with Crippen molar-refractivity contribution in [3.05, 3.63) is 50.9 Å². The van der Waals surface area contributed by atoms with Crippen LogP contribution in [0.1, 0.15) is 10.4 Å². The average Bonchev–Trinajstić information content (AvgIpc) is 2.83. The van der Waals surface area contributed by atoms with Gasteiger partial charge in [0.2, 0.25) is 10.0 Å². The van der Waals surface area contributed by atoms with Crippen molar-refractivity contribution in [1.82, 2.24) is 10.0 Å². The summed E-state index contributed by atoms with van der Waals surface area (Å²) in [6.45, 7) is 0.551. The van der Waals surface area contributed by atoms with Crippen LogP contribution < -0.4 is 10.0 Å². The first-order valence-corrected chi connectivity index (χ1v) is 8.77. The minimum absolute atomic E-state index is 0.0808. The zero-order valence-electron chi connectivity index (χ0n) is 11.2. The molecule has 2 aromatic rings. The second-order valence-corrected chi connectivity index (χ2v) is 7.86. The Morgan fingerprint density at radius 1 is 1.24 bits per heavy atom. The molecule has 0 aliphatic heterocycles. The molecule has 21 heavy (non-hydrogen) atoms. The second-order valence-electron chi connectivity index (χ2n) is 4.33. The molecule has 0 spiro atoms. The normalized spacial score (nSPS) is 11.8. The van der Waals surface area contributed by atoms with Crippen LogP contribution in [0.2, 0.25) is 4.34 Å². The third kappa shape index (κ3) is 4.24. The van der Waals surface area contributed by atoms with Crippen molar-refractivity contribution in [2.24, 2.45) is 0 Å². The van der Waals surface area contributed by atoms with Crippen molar-refractivity contribution < 1.29 is 12.8 Å². The minimum atomic E-state index is -3.89. The van der Waals surface area contributed by atoms with E-state index in [1.165, 1.54) is 23.5 Å². The van der Waals surface area contributed by atoms with Gasteiger partial charge < -0.3 is 5.32 Å². The molecule has 2 rings (SSSR count). The zero-order valence-corrected chi connectivity index (χ0v) is 13.6. The molecule has 0 amide bonds. The molecule has 0 saturated carbocycles. The van der Waals surface area contributed by atoms with Crippen LogP contribution in [-0.2, 0) is 23.1 Å². The number of hydrogen-bond acceptors (Lipinski definition) is 4. The molecular formula is C13H14ClFN2O2S2. The zero-order chi connectivity index (χ0) is 15.5. The van der Waals surface area contributed by atoms with E-state index < -0.39 is 15.8 Å². The molecule has 0 bridgehead atoms. The molecule has 0 unspecified atom stereocenters. The van der Waals surface area contributed by atoms with E-state index in [4.69, 9.17) is 11.6 Å². The fourth-order valence-corrected chi connectivity index (χ4v) is 3.95. The molecule has 2 N–H and O–H groups in total. The number of rotatable bonds is 6. The average molecular weight is 349 g/mol. The lowest BCUT2D eigenvalue weighted by Crippen LogP contribution is -2.24. The highest BCUT2D eigenvalue weighted by Crippen LogP contribution is 2.22. The molecule has 4 nitrogen and oxygen atoms in total. The van der Waals surface area contributed by atoms with Gasteiger partial charge in [0.15, 0.2) is 0 Å². The molecule has 0 aliphatic carbocycles. The van der Waals surface area contributed by atoms with Crippen molar-refractivity contribution in [3.8, 4) is 0 Å². The standard InChI is InChI=1S/C13H14ClFN2O2S2/c1-16-7-9-2-4-12(11(15)6-9)21(18,19)17-8-10-3-5-13(14)20-10/h2-6,16-17H,7-8H2,1H3. The van der Waals surface area contributed by atoms with E-state index >= 15 is 0 Å². The number of halogens is 2. The number of hydrogen-bond donors (Lipinski definition) is 2. The maximum Gasteiger partial charge on any atom is 0.243 e. The third-order valence-electron chi connectivity index (χ3n) is 2.73. The van der Waals surface area contributed by atoms with Crippen LogP contribution in [0.25, 0.3) is 0 Å². The highest BCUT2D eigenvalue weighted by atomic mass is 35.5. The van der Waals surface area contributed by atoms with E-state index in [1.54, 1.807) is 25.2 Å². The lowest BCUT2D eigenvalue weighted by molar-refractivity contribution is 0.555. The fraction of sp³-hybridized carbons (Fsp3) is 0.231. The van der Waals surface area contributed by atoms with E-state index in [0.29, 0.717) is 16.4 Å². The van der Waals surface area contributed by atoms with Crippen LogP contribution in [0.4, 0.5) is 4.39 Å². The molecular weight excluding hydrogens is 335 g/mol. The molecule has 114 valence electrons. The topological polar surface area (TPSA) is 58.2 Å². The van der Waals surface area contributed by atoms with Gasteiger partial charge in [-0.05, 0) is 36.9 Å². The van der Waals surface area contributed by atoms with Crippen molar-refractivity contribution in [3.63, 3.8) is 0 Å². The van der Waals surface area contributed by atoms with E-state index in [2.05, 4.69) is 10.0 Å². The summed E-state index contributed by atoms with van der Waals surface area (Å²) in [5.41, 5.74) is 0.680. The van der Waals surface area contributed by atoms with Gasteiger partial charge in [-0.15, -0.1) is 11.3 Å². The Morgan fingerprint density at radius 3 is 2.57 bits per heavy atom. The second kappa shape index (κ2) is 6.85. The smallest absolute Gasteiger partial charge is 0.243 e. The van der Waals surface area contributed by atoms with Crippen molar-refractivity contribution in [2.75, 3.05) is 7.05 Å². The third-order valence-corrected chi connectivity index (χ3v) is 5.40. The van der Waals surface area contributed by atoms with E-state index in [0.717, 1.165) is 4.88 Å². The summed E-state index contributed by atoms with van der Waals surface area (Å²) in [6.07, 6.45) is 0. The van der Waals surface area contributed by atoms with Crippen molar-refractivity contribution >= 4 is 33.0 Å². The number of thiophene rings is 1. The maximum atomic E-state index is 13.9. The molecule has 0 fully saturated rings. The fourth-order valence-electron chi connectivity index (χ4n) is 1.77. The number of sulfonamides is 1. The van der Waals surface area contributed by atoms with Crippen molar-refractivity contribution in [1.29, 1.82) is 0 Å². The summed E-state index contributed by atoms with van der Waals surface area (Å²) >= 11 is 7.05. The van der Waals surface area contributed by atoms with Crippen LogP contribution in [0.15, 0.2) is 35.2 Å². The summed E-state index contributed by atoms with van der Waals surface area (Å²) in [5, 5.41) is 2.88. The van der Waals surface area contributed by atoms with Crippen LogP contribution in [-0.4, -0.2) is 15.5 Å². The van der Waals surface area contributed by atoms with E-state index in [-0.39, 0.29) is 11.4 Å². The Hall–Kier alpha value is -0.990. The minimum Gasteiger partial charge on any atom is -0.316 e. The van der Waals surface area contributed by atoms with Gasteiger partial charge in [0.05, 0.1) is 4.34 Å². The Labute approximate surface area is 132 Å². The summed E-state index contributed by atoms with van der Waals surface area (Å²) in [5.74, 6) is -0.764. The van der Waals surface area contributed by atoms with Crippen LogP contribution in [0.3, 0.4) is 0 Å². The van der Waals surface area contributed by atoms with Gasteiger partial charge in [-0.25, -0.2) is 17.5 Å². The summed E-state index contributed by atoms with van der Waals surface area (Å²) < 4.78 is 41.1. The first-order chi connectivity index (χ1) is 9.92. The predicted molar refractivity (Wildman–Crippen MR) is 82.5 cm³/mol. The SMILES string of the molecule is CNCc1ccc(S(=O)(=O)NCc2ccc(Cl)s2)c(F)c1. The summed E-state index contributed by atoms with van der Waals surface area (Å²) in [7, 11) is -2.16. The Balaban J connectivity index is 2.15. The first-order valence-electron chi connectivity index (χ1n) is 6.09. The van der Waals surface area contributed by atoms with Crippen LogP contribution in [0, 0.1) is 5.82 Å². The molecule has 0 atom stereocenters. The van der Waals surface area contributed by atoms with Gasteiger partial charge in [-0.1, -0.05) is 17.7 Å². The van der Waals surface area contributed by atoms with Gasteiger partial charge in [-0.2, -0.15) is 0 Å². The molecule has 8 heteroatoms. The number of benzene rings is 1. The van der Waals surface area contributed by atoms with Crippen molar-refractivity contribution in [2.45, 2.75) is 18.0 Å². The first kappa shape index (κ1) is 16.4. The lowest BCUT2D eigenvalue weighted by atomic mass is 10.2. The summed E-state index contributed by atoms with van der Waals surface area (Å²) in [6, 6.07) is 7.47.